The molecule has 2 aliphatic rings. The number of rotatable bonds is 6. The van der Waals surface area contributed by atoms with Crippen LogP contribution in [0.3, 0.4) is 0 Å². The zero-order chi connectivity index (χ0) is 21.9. The van der Waals surface area contributed by atoms with Crippen LogP contribution in [-0.4, -0.2) is 47.1 Å². The van der Waals surface area contributed by atoms with Gasteiger partial charge in [0, 0.05) is 37.3 Å². The molecule has 2 fully saturated rings. The lowest BCUT2D eigenvalue weighted by atomic mass is 9.89. The van der Waals surface area contributed by atoms with Gasteiger partial charge in [-0.15, -0.1) is 0 Å². The van der Waals surface area contributed by atoms with Crippen LogP contribution in [0, 0.1) is 35.5 Å². The highest BCUT2D eigenvalue weighted by Crippen LogP contribution is 2.35. The van der Waals surface area contributed by atoms with Crippen LogP contribution in [0.25, 0.3) is 0 Å². The highest BCUT2D eigenvalue weighted by atomic mass is 15.2. The van der Waals surface area contributed by atoms with Crippen molar-refractivity contribution in [2.24, 2.45) is 35.5 Å². The molecule has 0 radical (unpaired) electrons. The summed E-state index contributed by atoms with van der Waals surface area (Å²) < 4.78 is 0. The number of hydrogen-bond donors (Lipinski definition) is 0. The molecule has 2 aliphatic heterocycles. The van der Waals surface area contributed by atoms with Crippen molar-refractivity contribution in [3.8, 4) is 0 Å². The molecule has 4 atom stereocenters. The Labute approximate surface area is 178 Å². The lowest BCUT2D eigenvalue weighted by Crippen LogP contribution is -2.46. The minimum Gasteiger partial charge on any atom is -0.297 e. The van der Waals surface area contributed by atoms with Crippen LogP contribution in [0.15, 0.2) is 0 Å². The Balaban J connectivity index is 0.000000280. The minimum absolute atomic E-state index is 0.373. The first-order valence-corrected chi connectivity index (χ1v) is 12.3. The molecule has 0 aromatic rings. The Kier molecular flexibility index (Phi) is 9.54. The normalized spacial score (nSPS) is 30.2. The largest absolute Gasteiger partial charge is 0.297 e. The lowest BCUT2D eigenvalue weighted by molar-refractivity contribution is 0.0972. The molecule has 0 bridgehead atoms. The highest BCUT2D eigenvalue weighted by molar-refractivity contribution is 4.93. The molecular weight excluding hydrogens is 340 g/mol. The number of nitrogens with zero attached hydrogens (tertiary/aromatic N) is 2. The van der Waals surface area contributed by atoms with Crippen LogP contribution in [-0.2, 0) is 0 Å². The summed E-state index contributed by atoms with van der Waals surface area (Å²) in [5.74, 6) is 5.10. The Morgan fingerprint density at radius 3 is 1.11 bits per heavy atom. The second kappa shape index (κ2) is 10.3. The van der Waals surface area contributed by atoms with Crippen molar-refractivity contribution in [2.75, 3.05) is 26.2 Å². The minimum atomic E-state index is 0.373. The maximum Gasteiger partial charge on any atom is 0.0176 e. The Morgan fingerprint density at radius 1 is 0.643 bits per heavy atom. The third kappa shape index (κ3) is 5.97. The standard InChI is InChI=1S/2C13H27N/c2*1-7-12-9-14(8-11(12)4)13(5,6)10(2)3/h2*10-12H,7-9H2,1-6H3/t11-,12?;11-,12-/m01/s1. The van der Waals surface area contributed by atoms with E-state index in [4.69, 9.17) is 0 Å². The van der Waals surface area contributed by atoms with Crippen molar-refractivity contribution in [3.63, 3.8) is 0 Å². The second-order valence-corrected chi connectivity index (χ2v) is 11.7. The summed E-state index contributed by atoms with van der Waals surface area (Å²) in [7, 11) is 0. The van der Waals surface area contributed by atoms with Crippen molar-refractivity contribution in [2.45, 2.75) is 107 Å². The summed E-state index contributed by atoms with van der Waals surface area (Å²) in [5, 5.41) is 0. The molecule has 0 N–H and O–H groups in total. The van der Waals surface area contributed by atoms with E-state index in [2.05, 4.69) is 92.9 Å². The van der Waals surface area contributed by atoms with Crippen LogP contribution >= 0.6 is 0 Å². The zero-order valence-electron chi connectivity index (χ0n) is 21.6. The van der Waals surface area contributed by atoms with Crippen LogP contribution in [0.5, 0.6) is 0 Å². The van der Waals surface area contributed by atoms with Gasteiger partial charge in [0.15, 0.2) is 0 Å². The molecular formula is C26H54N2. The van der Waals surface area contributed by atoms with E-state index in [1.165, 1.54) is 39.0 Å². The molecule has 0 amide bonds. The van der Waals surface area contributed by atoms with E-state index >= 15 is 0 Å². The molecule has 0 aromatic carbocycles. The average Bonchev–Trinajstić information content (AvgIpc) is 3.18. The lowest BCUT2D eigenvalue weighted by Gasteiger charge is -2.39. The molecule has 2 nitrogen and oxygen atoms in total. The fourth-order valence-corrected chi connectivity index (χ4v) is 4.80. The predicted molar refractivity (Wildman–Crippen MR) is 127 cm³/mol. The van der Waals surface area contributed by atoms with E-state index in [0.717, 1.165) is 35.5 Å². The highest BCUT2D eigenvalue weighted by Gasteiger charge is 2.39. The van der Waals surface area contributed by atoms with E-state index in [1.807, 2.05) is 0 Å². The van der Waals surface area contributed by atoms with Gasteiger partial charge in [-0.05, 0) is 63.2 Å². The smallest absolute Gasteiger partial charge is 0.0176 e. The Morgan fingerprint density at radius 2 is 0.929 bits per heavy atom. The topological polar surface area (TPSA) is 6.48 Å². The molecule has 2 rings (SSSR count). The fraction of sp³-hybridized carbons (Fsp3) is 1.00. The first-order chi connectivity index (χ1) is 12.8. The Bertz CT molecular complexity index is 409. The molecule has 0 saturated carbocycles. The van der Waals surface area contributed by atoms with Gasteiger partial charge in [0.2, 0.25) is 0 Å². The average molecular weight is 395 g/mol. The number of hydrogen-bond acceptors (Lipinski definition) is 2. The first kappa shape index (κ1) is 26.0. The Hall–Kier alpha value is -0.0800. The van der Waals surface area contributed by atoms with Gasteiger partial charge < -0.3 is 0 Å². The van der Waals surface area contributed by atoms with Crippen LogP contribution < -0.4 is 0 Å². The van der Waals surface area contributed by atoms with Crippen LogP contribution in [0.2, 0.25) is 0 Å². The molecule has 2 heterocycles. The van der Waals surface area contributed by atoms with Gasteiger partial charge >= 0.3 is 0 Å². The molecule has 0 aliphatic carbocycles. The molecule has 28 heavy (non-hydrogen) atoms. The van der Waals surface area contributed by atoms with Gasteiger partial charge in [-0.25, -0.2) is 0 Å². The predicted octanol–water partition coefficient (Wildman–Crippen LogP) is 6.80. The molecule has 2 heteroatoms. The zero-order valence-corrected chi connectivity index (χ0v) is 21.6. The molecule has 0 spiro atoms. The van der Waals surface area contributed by atoms with Gasteiger partial charge in [0.25, 0.3) is 0 Å². The number of likely N-dealkylation sites (tertiary alicyclic amines) is 2. The van der Waals surface area contributed by atoms with E-state index < -0.39 is 0 Å². The first-order valence-electron chi connectivity index (χ1n) is 12.3. The van der Waals surface area contributed by atoms with Gasteiger partial charge in [0.05, 0.1) is 0 Å². The quantitative estimate of drug-likeness (QED) is 0.489. The van der Waals surface area contributed by atoms with Crippen molar-refractivity contribution >= 4 is 0 Å². The van der Waals surface area contributed by atoms with Gasteiger partial charge in [0.1, 0.15) is 0 Å². The van der Waals surface area contributed by atoms with Gasteiger partial charge in [-0.3, -0.25) is 9.80 Å². The second-order valence-electron chi connectivity index (χ2n) is 11.7. The molecule has 168 valence electrons. The molecule has 0 aromatic heterocycles. The van der Waals surface area contributed by atoms with Crippen molar-refractivity contribution in [1.82, 2.24) is 9.80 Å². The third-order valence-corrected chi connectivity index (χ3v) is 9.04. The van der Waals surface area contributed by atoms with Crippen LogP contribution in [0.1, 0.15) is 95.9 Å². The summed E-state index contributed by atoms with van der Waals surface area (Å²) in [6, 6.07) is 0. The van der Waals surface area contributed by atoms with E-state index in [1.54, 1.807) is 0 Å². The summed E-state index contributed by atoms with van der Waals surface area (Å²) in [5.41, 5.74) is 0.746. The van der Waals surface area contributed by atoms with Crippen molar-refractivity contribution in [3.05, 3.63) is 0 Å². The maximum absolute atomic E-state index is 2.69. The van der Waals surface area contributed by atoms with E-state index in [9.17, 15) is 0 Å². The van der Waals surface area contributed by atoms with Crippen molar-refractivity contribution in [1.29, 1.82) is 0 Å². The summed E-state index contributed by atoms with van der Waals surface area (Å²) in [4.78, 5) is 5.38. The summed E-state index contributed by atoms with van der Waals surface area (Å²) in [6.45, 7) is 33.6. The molecule has 2 saturated heterocycles. The molecule has 1 unspecified atom stereocenters. The van der Waals surface area contributed by atoms with Gasteiger partial charge in [-0.1, -0.05) is 68.2 Å². The maximum atomic E-state index is 2.69. The summed E-state index contributed by atoms with van der Waals surface area (Å²) in [6.07, 6.45) is 2.68. The third-order valence-electron chi connectivity index (χ3n) is 9.04. The van der Waals surface area contributed by atoms with E-state index in [0.29, 0.717) is 11.1 Å². The summed E-state index contributed by atoms with van der Waals surface area (Å²) >= 11 is 0. The SMILES string of the molecule is CCC1CN(C(C)(C)C(C)C)C[C@@H]1C.CC[C@@H]1CN(C(C)(C)C(C)C)C[C@H]1C. The van der Waals surface area contributed by atoms with E-state index in [-0.39, 0.29) is 0 Å². The van der Waals surface area contributed by atoms with Crippen molar-refractivity contribution < 1.29 is 0 Å². The van der Waals surface area contributed by atoms with Gasteiger partial charge in [-0.2, -0.15) is 0 Å². The fourth-order valence-electron chi connectivity index (χ4n) is 4.80. The monoisotopic (exact) mass is 394 g/mol. The van der Waals surface area contributed by atoms with Crippen LogP contribution in [0.4, 0.5) is 0 Å².